The Kier molecular flexibility index (Phi) is 6.06. The van der Waals surface area contributed by atoms with E-state index in [0.29, 0.717) is 31.0 Å². The van der Waals surface area contributed by atoms with Crippen LogP contribution in [0.2, 0.25) is 0 Å². The second-order valence-electron chi connectivity index (χ2n) is 7.60. The highest BCUT2D eigenvalue weighted by molar-refractivity contribution is 6.01. The number of hydrogen-bond donors (Lipinski definition) is 1. The molecule has 0 aromatic heterocycles. The van der Waals surface area contributed by atoms with Gasteiger partial charge in [-0.2, -0.15) is 0 Å². The van der Waals surface area contributed by atoms with E-state index in [4.69, 9.17) is 9.47 Å². The van der Waals surface area contributed by atoms with Crippen LogP contribution in [0.1, 0.15) is 11.6 Å². The van der Waals surface area contributed by atoms with E-state index in [2.05, 4.69) is 16.8 Å². The van der Waals surface area contributed by atoms with Crippen molar-refractivity contribution >= 4 is 11.9 Å². The summed E-state index contributed by atoms with van der Waals surface area (Å²) in [5.41, 5.74) is 2.22. The zero-order chi connectivity index (χ0) is 21.1. The Morgan fingerprint density at radius 2 is 2.07 bits per heavy atom. The minimum absolute atomic E-state index is 0.0276. The summed E-state index contributed by atoms with van der Waals surface area (Å²) < 4.78 is 10.7. The zero-order valence-electron chi connectivity index (χ0n) is 17.3. The summed E-state index contributed by atoms with van der Waals surface area (Å²) in [6.07, 6.45) is 1.68. The van der Waals surface area contributed by atoms with E-state index in [1.807, 2.05) is 29.2 Å². The van der Waals surface area contributed by atoms with Crippen molar-refractivity contribution in [2.45, 2.75) is 6.04 Å². The molecule has 0 saturated carbocycles. The Bertz CT molecular complexity index is 862. The number of rotatable bonds is 7. The van der Waals surface area contributed by atoms with Gasteiger partial charge in [0.1, 0.15) is 5.75 Å². The minimum Gasteiger partial charge on any atom is -0.497 e. The predicted octanol–water partition coefficient (Wildman–Crippen LogP) is 1.38. The van der Waals surface area contributed by atoms with Crippen LogP contribution in [0.15, 0.2) is 48.2 Å². The molecular formula is C22H28N4O4. The van der Waals surface area contributed by atoms with Crippen LogP contribution in [-0.2, 0) is 9.53 Å². The number of carbonyl (C=O) groups excluding carboxylic acids is 2. The molecule has 0 bridgehead atoms. The van der Waals surface area contributed by atoms with Crippen LogP contribution in [0.5, 0.6) is 5.75 Å². The molecule has 1 fully saturated rings. The van der Waals surface area contributed by atoms with Gasteiger partial charge in [0.15, 0.2) is 0 Å². The van der Waals surface area contributed by atoms with E-state index in [9.17, 15) is 9.59 Å². The minimum atomic E-state index is -0.496. The molecular weight excluding hydrogens is 384 g/mol. The average Bonchev–Trinajstić information content (AvgIpc) is 3.11. The molecule has 8 heteroatoms. The van der Waals surface area contributed by atoms with Gasteiger partial charge in [-0.05, 0) is 17.7 Å². The zero-order valence-corrected chi connectivity index (χ0v) is 17.3. The molecule has 1 saturated heterocycles. The molecule has 0 unspecified atom stereocenters. The van der Waals surface area contributed by atoms with Crippen LogP contribution in [0, 0.1) is 0 Å². The number of hydrogen-bond acceptors (Lipinski definition) is 5. The summed E-state index contributed by atoms with van der Waals surface area (Å²) in [5, 5.41) is 3.00. The molecule has 0 spiro atoms. The van der Waals surface area contributed by atoms with Crippen molar-refractivity contribution < 1.29 is 19.1 Å². The van der Waals surface area contributed by atoms with Crippen molar-refractivity contribution in [3.05, 3.63) is 53.8 Å². The third kappa shape index (κ3) is 3.93. The molecule has 1 atom stereocenters. The van der Waals surface area contributed by atoms with Gasteiger partial charge in [-0.25, -0.2) is 4.79 Å². The molecule has 30 heavy (non-hydrogen) atoms. The Balaban J connectivity index is 1.59. The summed E-state index contributed by atoms with van der Waals surface area (Å²) in [6, 6.07) is 6.77. The molecule has 3 aliphatic heterocycles. The number of urea groups is 1. The highest BCUT2D eigenvalue weighted by atomic mass is 16.5. The fourth-order valence-electron chi connectivity index (χ4n) is 4.21. The number of amides is 3. The molecule has 3 amide bonds. The van der Waals surface area contributed by atoms with E-state index in [-0.39, 0.29) is 11.9 Å². The van der Waals surface area contributed by atoms with Crippen molar-refractivity contribution in [1.82, 2.24) is 20.0 Å². The van der Waals surface area contributed by atoms with Gasteiger partial charge in [0.05, 0.1) is 44.2 Å². The van der Waals surface area contributed by atoms with E-state index in [1.54, 1.807) is 18.1 Å². The summed E-state index contributed by atoms with van der Waals surface area (Å²) in [7, 11) is 1.60. The fraction of sp³-hybridized carbons (Fsp3) is 0.455. The molecule has 1 aromatic carbocycles. The van der Waals surface area contributed by atoms with Crippen molar-refractivity contribution in [2.24, 2.45) is 0 Å². The van der Waals surface area contributed by atoms with Crippen molar-refractivity contribution in [2.75, 3.05) is 59.6 Å². The van der Waals surface area contributed by atoms with Gasteiger partial charge in [-0.1, -0.05) is 18.2 Å². The van der Waals surface area contributed by atoms with E-state index in [1.165, 1.54) is 0 Å². The largest absolute Gasteiger partial charge is 0.497 e. The van der Waals surface area contributed by atoms with Crippen LogP contribution >= 0.6 is 0 Å². The lowest BCUT2D eigenvalue weighted by molar-refractivity contribution is -0.126. The third-order valence-electron chi connectivity index (χ3n) is 5.83. The summed E-state index contributed by atoms with van der Waals surface area (Å²) in [5.74, 6) is 0.659. The van der Waals surface area contributed by atoms with Gasteiger partial charge in [-0.3, -0.25) is 14.6 Å². The van der Waals surface area contributed by atoms with Crippen LogP contribution < -0.4 is 10.1 Å². The number of benzene rings is 1. The molecule has 3 heterocycles. The number of nitrogens with zero attached hydrogens (tertiary/aromatic N) is 3. The lowest BCUT2D eigenvalue weighted by Gasteiger charge is -2.33. The summed E-state index contributed by atoms with van der Waals surface area (Å²) in [6.45, 7) is 9.18. The molecule has 0 radical (unpaired) electrons. The predicted molar refractivity (Wildman–Crippen MR) is 112 cm³/mol. The quantitative estimate of drug-likeness (QED) is 0.685. The number of methoxy groups -OCH3 is 1. The lowest BCUT2D eigenvalue weighted by atomic mass is 9.95. The lowest BCUT2D eigenvalue weighted by Crippen LogP contribution is -2.47. The highest BCUT2D eigenvalue weighted by Gasteiger charge is 2.43. The second kappa shape index (κ2) is 8.89. The number of morpholine rings is 1. The van der Waals surface area contributed by atoms with Gasteiger partial charge >= 0.3 is 6.03 Å². The van der Waals surface area contributed by atoms with Crippen LogP contribution in [0.4, 0.5) is 4.79 Å². The average molecular weight is 412 g/mol. The maximum absolute atomic E-state index is 13.4. The van der Waals surface area contributed by atoms with Gasteiger partial charge in [0.25, 0.3) is 5.91 Å². The molecule has 1 N–H and O–H groups in total. The molecule has 160 valence electrons. The van der Waals surface area contributed by atoms with E-state index >= 15 is 0 Å². The Labute approximate surface area is 176 Å². The first-order chi connectivity index (χ1) is 14.6. The smallest absolute Gasteiger partial charge is 0.322 e. The van der Waals surface area contributed by atoms with Crippen LogP contribution in [-0.4, -0.2) is 86.2 Å². The number of carbonyl (C=O) groups is 2. The van der Waals surface area contributed by atoms with Crippen LogP contribution in [0.25, 0.3) is 0 Å². The Morgan fingerprint density at radius 1 is 1.27 bits per heavy atom. The SMILES string of the molecule is C=CCN1C(=O)N[C@@H](c2cccc(OC)c2)C2=C1CN(CCN1CCOCC1)C2=O. The molecule has 1 aromatic rings. The van der Waals surface area contributed by atoms with Gasteiger partial charge in [-0.15, -0.1) is 6.58 Å². The molecule has 4 rings (SSSR count). The number of ether oxygens (including phenoxy) is 2. The molecule has 3 aliphatic rings. The summed E-state index contributed by atoms with van der Waals surface area (Å²) >= 11 is 0. The Hall–Kier alpha value is -2.84. The van der Waals surface area contributed by atoms with Crippen LogP contribution in [0.3, 0.4) is 0 Å². The second-order valence-corrected chi connectivity index (χ2v) is 7.60. The monoisotopic (exact) mass is 412 g/mol. The van der Waals surface area contributed by atoms with Gasteiger partial charge < -0.3 is 19.7 Å². The number of nitrogens with one attached hydrogen (secondary N) is 1. The first-order valence-electron chi connectivity index (χ1n) is 10.3. The molecule has 0 aliphatic carbocycles. The van der Waals surface area contributed by atoms with Crippen molar-refractivity contribution in [1.29, 1.82) is 0 Å². The first kappa shape index (κ1) is 20.4. The topological polar surface area (TPSA) is 74.4 Å². The van der Waals surface area contributed by atoms with Crippen molar-refractivity contribution in [3.63, 3.8) is 0 Å². The standard InChI is InChI=1S/C22H28N4O4/c1-3-7-26-18-15-25(9-8-24-10-12-30-13-11-24)21(27)19(18)20(23-22(26)28)16-5-4-6-17(14-16)29-2/h3-6,14,20H,1,7-13,15H2,2H3,(H,23,28)/t20-/m0/s1. The molecule has 8 nitrogen and oxygen atoms in total. The maximum atomic E-state index is 13.4. The normalized spacial score (nSPS) is 22.2. The highest BCUT2D eigenvalue weighted by Crippen LogP contribution is 2.37. The van der Waals surface area contributed by atoms with E-state index in [0.717, 1.165) is 44.1 Å². The van der Waals surface area contributed by atoms with E-state index < -0.39 is 6.04 Å². The maximum Gasteiger partial charge on any atom is 0.322 e. The fourth-order valence-corrected chi connectivity index (χ4v) is 4.21. The Morgan fingerprint density at radius 3 is 2.80 bits per heavy atom. The van der Waals surface area contributed by atoms with Crippen molar-refractivity contribution in [3.8, 4) is 5.75 Å². The first-order valence-corrected chi connectivity index (χ1v) is 10.3. The third-order valence-corrected chi connectivity index (χ3v) is 5.83. The van der Waals surface area contributed by atoms with Gasteiger partial charge in [0, 0.05) is 32.7 Å². The summed E-state index contributed by atoms with van der Waals surface area (Å²) in [4.78, 5) is 32.0. The van der Waals surface area contributed by atoms with Gasteiger partial charge in [0.2, 0.25) is 0 Å².